The Balaban J connectivity index is 1.97. The number of H-pyrrole nitrogens is 1. The van der Waals surface area contributed by atoms with Gasteiger partial charge in [-0.05, 0) is 37.1 Å². The Bertz CT molecular complexity index is 599. The third-order valence-electron chi connectivity index (χ3n) is 3.80. The van der Waals surface area contributed by atoms with Crippen LogP contribution in [-0.2, 0) is 0 Å². The molecule has 100 valence electrons. The molecule has 1 aliphatic rings. The largest absolute Gasteiger partial charge is 0.496 e. The summed E-state index contributed by atoms with van der Waals surface area (Å²) in [5.74, 6) is 2.55. The first-order valence-corrected chi connectivity index (χ1v) is 6.60. The highest BCUT2D eigenvalue weighted by Gasteiger charge is 2.22. The highest BCUT2D eigenvalue weighted by molar-refractivity contribution is 5.66. The summed E-state index contributed by atoms with van der Waals surface area (Å²) in [4.78, 5) is 7.95. The number of nitrogens with zero attached hydrogens (tertiary/aromatic N) is 1. The number of methoxy groups -OCH3 is 1. The standard InChI is InChI=1S/C15H19N3O/c1-9-5-14(19-3)10(2)4-12(9)13-8-17-15(18-13)11-6-16-7-11/h4-5,8,11,16H,6-7H2,1-3H3,(H,17,18). The normalized spacial score (nSPS) is 15.3. The fourth-order valence-corrected chi connectivity index (χ4v) is 2.46. The molecule has 0 spiro atoms. The van der Waals surface area contributed by atoms with E-state index >= 15 is 0 Å². The van der Waals surface area contributed by atoms with E-state index in [1.54, 1.807) is 7.11 Å². The molecule has 0 radical (unpaired) electrons. The highest BCUT2D eigenvalue weighted by atomic mass is 16.5. The Morgan fingerprint density at radius 3 is 2.63 bits per heavy atom. The number of hydrogen-bond acceptors (Lipinski definition) is 3. The maximum Gasteiger partial charge on any atom is 0.122 e. The van der Waals surface area contributed by atoms with Gasteiger partial charge in [0.1, 0.15) is 11.6 Å². The minimum Gasteiger partial charge on any atom is -0.496 e. The minimum absolute atomic E-state index is 0.536. The van der Waals surface area contributed by atoms with E-state index in [0.29, 0.717) is 5.92 Å². The zero-order valence-electron chi connectivity index (χ0n) is 11.6. The van der Waals surface area contributed by atoms with Crippen molar-refractivity contribution in [3.63, 3.8) is 0 Å². The third-order valence-corrected chi connectivity index (χ3v) is 3.80. The molecular formula is C15H19N3O. The van der Waals surface area contributed by atoms with Gasteiger partial charge in [0.15, 0.2) is 0 Å². The molecule has 1 aromatic carbocycles. The number of ether oxygens (including phenoxy) is 1. The summed E-state index contributed by atoms with van der Waals surface area (Å²) in [6, 6.07) is 4.24. The van der Waals surface area contributed by atoms with Crippen molar-refractivity contribution in [3.05, 3.63) is 35.3 Å². The molecule has 1 aliphatic heterocycles. The van der Waals surface area contributed by atoms with E-state index in [0.717, 1.165) is 35.9 Å². The van der Waals surface area contributed by atoms with Crippen LogP contribution in [-0.4, -0.2) is 30.2 Å². The van der Waals surface area contributed by atoms with E-state index in [-0.39, 0.29) is 0 Å². The molecule has 0 amide bonds. The van der Waals surface area contributed by atoms with Crippen LogP contribution in [0.25, 0.3) is 11.3 Å². The summed E-state index contributed by atoms with van der Waals surface area (Å²) < 4.78 is 5.35. The number of hydrogen-bond donors (Lipinski definition) is 2. The van der Waals surface area contributed by atoms with Crippen LogP contribution in [0.2, 0.25) is 0 Å². The maximum absolute atomic E-state index is 5.35. The summed E-state index contributed by atoms with van der Waals surface area (Å²) in [5.41, 5.74) is 4.63. The smallest absolute Gasteiger partial charge is 0.122 e. The molecule has 2 heterocycles. The molecule has 3 rings (SSSR count). The average Bonchev–Trinajstić information content (AvgIpc) is 2.78. The second-order valence-electron chi connectivity index (χ2n) is 5.17. The van der Waals surface area contributed by atoms with Gasteiger partial charge in [-0.1, -0.05) is 0 Å². The zero-order chi connectivity index (χ0) is 13.4. The van der Waals surface area contributed by atoms with Gasteiger partial charge in [0, 0.05) is 24.6 Å². The van der Waals surface area contributed by atoms with E-state index in [1.807, 2.05) is 6.20 Å². The quantitative estimate of drug-likeness (QED) is 0.887. The van der Waals surface area contributed by atoms with Gasteiger partial charge in [0.2, 0.25) is 0 Å². The second kappa shape index (κ2) is 4.70. The van der Waals surface area contributed by atoms with Gasteiger partial charge in [0.25, 0.3) is 0 Å². The van der Waals surface area contributed by atoms with Crippen molar-refractivity contribution in [1.29, 1.82) is 0 Å². The Labute approximate surface area is 113 Å². The zero-order valence-corrected chi connectivity index (χ0v) is 11.6. The fourth-order valence-electron chi connectivity index (χ4n) is 2.46. The van der Waals surface area contributed by atoms with Gasteiger partial charge in [-0.15, -0.1) is 0 Å². The number of aromatic amines is 1. The van der Waals surface area contributed by atoms with Crippen LogP contribution in [0.5, 0.6) is 5.75 Å². The van der Waals surface area contributed by atoms with Crippen molar-refractivity contribution in [2.75, 3.05) is 20.2 Å². The molecule has 4 nitrogen and oxygen atoms in total. The van der Waals surface area contributed by atoms with E-state index < -0.39 is 0 Å². The molecule has 2 N–H and O–H groups in total. The number of aryl methyl sites for hydroxylation is 2. The predicted molar refractivity (Wildman–Crippen MR) is 75.7 cm³/mol. The third kappa shape index (κ3) is 2.12. The van der Waals surface area contributed by atoms with Gasteiger partial charge in [0.05, 0.1) is 19.0 Å². The number of imidazole rings is 1. The summed E-state index contributed by atoms with van der Waals surface area (Å²) in [5, 5.41) is 3.27. The van der Waals surface area contributed by atoms with Gasteiger partial charge in [-0.25, -0.2) is 4.98 Å². The number of nitrogens with one attached hydrogen (secondary N) is 2. The molecule has 2 aromatic rings. The predicted octanol–water partition coefficient (Wildman–Crippen LogP) is 2.39. The van der Waals surface area contributed by atoms with Crippen LogP contribution >= 0.6 is 0 Å². The lowest BCUT2D eigenvalue weighted by molar-refractivity contribution is 0.411. The Hall–Kier alpha value is -1.81. The monoisotopic (exact) mass is 257 g/mol. The first-order valence-electron chi connectivity index (χ1n) is 6.60. The van der Waals surface area contributed by atoms with Crippen LogP contribution in [0.1, 0.15) is 22.9 Å². The lowest BCUT2D eigenvalue weighted by Crippen LogP contribution is -2.40. The number of benzene rings is 1. The fraction of sp³-hybridized carbons (Fsp3) is 0.400. The van der Waals surface area contributed by atoms with Crippen LogP contribution in [0.15, 0.2) is 18.3 Å². The molecular weight excluding hydrogens is 238 g/mol. The molecule has 19 heavy (non-hydrogen) atoms. The molecule has 4 heteroatoms. The number of rotatable bonds is 3. The summed E-state index contributed by atoms with van der Waals surface area (Å²) in [7, 11) is 1.71. The van der Waals surface area contributed by atoms with Gasteiger partial charge < -0.3 is 15.0 Å². The SMILES string of the molecule is COc1cc(C)c(-c2cnc(C3CNC3)[nH]2)cc1C. The lowest BCUT2D eigenvalue weighted by atomic mass is 10.0. The molecule has 0 unspecified atom stereocenters. The topological polar surface area (TPSA) is 49.9 Å². The Kier molecular flexibility index (Phi) is 3.03. The lowest BCUT2D eigenvalue weighted by Gasteiger charge is -2.24. The Morgan fingerprint density at radius 2 is 2.00 bits per heavy atom. The van der Waals surface area contributed by atoms with E-state index in [1.165, 1.54) is 11.1 Å². The van der Waals surface area contributed by atoms with Crippen molar-refractivity contribution in [2.45, 2.75) is 19.8 Å². The van der Waals surface area contributed by atoms with Crippen LogP contribution in [0, 0.1) is 13.8 Å². The van der Waals surface area contributed by atoms with Gasteiger partial charge >= 0.3 is 0 Å². The molecule has 1 fully saturated rings. The van der Waals surface area contributed by atoms with Crippen molar-refractivity contribution >= 4 is 0 Å². The number of aromatic nitrogens is 2. The van der Waals surface area contributed by atoms with Gasteiger partial charge in [-0.2, -0.15) is 0 Å². The second-order valence-corrected chi connectivity index (χ2v) is 5.17. The molecule has 0 aliphatic carbocycles. The van der Waals surface area contributed by atoms with Gasteiger partial charge in [-0.3, -0.25) is 0 Å². The van der Waals surface area contributed by atoms with Crippen LogP contribution in [0.3, 0.4) is 0 Å². The minimum atomic E-state index is 0.536. The summed E-state index contributed by atoms with van der Waals surface area (Å²) >= 11 is 0. The molecule has 0 atom stereocenters. The van der Waals surface area contributed by atoms with Crippen molar-refractivity contribution in [1.82, 2.24) is 15.3 Å². The van der Waals surface area contributed by atoms with Crippen LogP contribution in [0.4, 0.5) is 0 Å². The molecule has 0 bridgehead atoms. The summed E-state index contributed by atoms with van der Waals surface area (Å²) in [6.45, 7) is 6.21. The van der Waals surface area contributed by atoms with E-state index in [4.69, 9.17) is 4.74 Å². The van der Waals surface area contributed by atoms with Crippen molar-refractivity contribution < 1.29 is 4.74 Å². The van der Waals surface area contributed by atoms with Crippen molar-refractivity contribution in [2.24, 2.45) is 0 Å². The van der Waals surface area contributed by atoms with Crippen molar-refractivity contribution in [3.8, 4) is 17.0 Å². The van der Waals surface area contributed by atoms with Crippen LogP contribution < -0.4 is 10.1 Å². The molecule has 0 saturated carbocycles. The Morgan fingerprint density at radius 1 is 1.21 bits per heavy atom. The van der Waals surface area contributed by atoms with E-state index in [9.17, 15) is 0 Å². The summed E-state index contributed by atoms with van der Waals surface area (Å²) in [6.07, 6.45) is 1.93. The first kappa shape index (κ1) is 12.2. The maximum atomic E-state index is 5.35. The molecule has 1 saturated heterocycles. The van der Waals surface area contributed by atoms with E-state index in [2.05, 4.69) is 41.3 Å². The first-order chi connectivity index (χ1) is 9.19. The average molecular weight is 257 g/mol. The molecule has 1 aromatic heterocycles. The highest BCUT2D eigenvalue weighted by Crippen LogP contribution is 2.30.